The molecule has 1 aliphatic heterocycles. The zero-order chi connectivity index (χ0) is 12.4. The van der Waals surface area contributed by atoms with E-state index in [1.54, 1.807) is 0 Å². The van der Waals surface area contributed by atoms with Gasteiger partial charge in [-0.05, 0) is 36.5 Å². The highest BCUT2D eigenvalue weighted by Crippen LogP contribution is 2.27. The first-order valence-electron chi connectivity index (χ1n) is 6.73. The molecule has 2 N–H and O–H groups in total. The van der Waals surface area contributed by atoms with Crippen LogP contribution in [0.15, 0.2) is 18.2 Å². The van der Waals surface area contributed by atoms with Gasteiger partial charge in [-0.1, -0.05) is 32.4 Å². The summed E-state index contributed by atoms with van der Waals surface area (Å²) in [5.74, 6) is 0.762. The van der Waals surface area contributed by atoms with E-state index in [1.807, 2.05) is 6.07 Å². The van der Waals surface area contributed by atoms with E-state index in [1.165, 1.54) is 17.5 Å². The molecule has 1 aromatic carbocycles. The van der Waals surface area contributed by atoms with Gasteiger partial charge < -0.3 is 5.73 Å². The van der Waals surface area contributed by atoms with E-state index in [0.29, 0.717) is 6.04 Å². The molecule has 0 fully saturated rings. The van der Waals surface area contributed by atoms with Crippen LogP contribution >= 0.6 is 0 Å². The molecule has 1 aliphatic rings. The molecular weight excluding hydrogens is 208 g/mol. The van der Waals surface area contributed by atoms with Crippen molar-refractivity contribution < 1.29 is 0 Å². The number of hydrogen-bond donors (Lipinski definition) is 1. The molecule has 0 bridgehead atoms. The van der Waals surface area contributed by atoms with Crippen LogP contribution < -0.4 is 5.73 Å². The van der Waals surface area contributed by atoms with Crippen molar-refractivity contribution in [1.29, 1.82) is 0 Å². The Hall–Kier alpha value is -1.02. The quantitative estimate of drug-likeness (QED) is 0.812. The van der Waals surface area contributed by atoms with Crippen molar-refractivity contribution in [1.82, 2.24) is 4.90 Å². The average Bonchev–Trinajstić information content (AvgIpc) is 2.37. The molecule has 0 spiro atoms. The van der Waals surface area contributed by atoms with Crippen LogP contribution in [0.5, 0.6) is 0 Å². The summed E-state index contributed by atoms with van der Waals surface area (Å²) in [6.07, 6.45) is 2.35. The van der Waals surface area contributed by atoms with Gasteiger partial charge in [0.15, 0.2) is 0 Å². The highest BCUT2D eigenvalue weighted by Gasteiger charge is 2.24. The van der Waals surface area contributed by atoms with Crippen molar-refractivity contribution in [3.8, 4) is 0 Å². The van der Waals surface area contributed by atoms with Gasteiger partial charge in [0, 0.05) is 24.8 Å². The predicted octanol–water partition coefficient (Wildman–Crippen LogP) is 3.06. The Morgan fingerprint density at radius 3 is 2.82 bits per heavy atom. The van der Waals surface area contributed by atoms with Gasteiger partial charge in [-0.3, -0.25) is 4.90 Å². The van der Waals surface area contributed by atoms with Crippen molar-refractivity contribution in [2.45, 2.75) is 46.2 Å². The van der Waals surface area contributed by atoms with Crippen molar-refractivity contribution in [3.05, 3.63) is 29.3 Å². The van der Waals surface area contributed by atoms with Crippen molar-refractivity contribution in [3.63, 3.8) is 0 Å². The second-order valence-electron chi connectivity index (χ2n) is 5.33. The van der Waals surface area contributed by atoms with Gasteiger partial charge in [0.05, 0.1) is 0 Å². The van der Waals surface area contributed by atoms with Crippen molar-refractivity contribution >= 4 is 5.69 Å². The number of benzene rings is 1. The summed E-state index contributed by atoms with van der Waals surface area (Å²) >= 11 is 0. The van der Waals surface area contributed by atoms with E-state index in [0.717, 1.165) is 31.1 Å². The molecule has 2 unspecified atom stereocenters. The standard InChI is InChI=1S/C15H24N2/c1-4-11(2)12(3)17-9-8-14-13(10-17)6-5-7-15(14)16/h5-7,11-12H,4,8-10,16H2,1-3H3. The van der Waals surface area contributed by atoms with Crippen LogP contribution in [-0.2, 0) is 13.0 Å². The Morgan fingerprint density at radius 1 is 1.35 bits per heavy atom. The molecule has 0 radical (unpaired) electrons. The second-order valence-corrected chi connectivity index (χ2v) is 5.33. The first-order chi connectivity index (χ1) is 8.13. The third-order valence-electron chi connectivity index (χ3n) is 4.38. The maximum Gasteiger partial charge on any atom is 0.0350 e. The second kappa shape index (κ2) is 5.09. The van der Waals surface area contributed by atoms with Crippen LogP contribution in [0, 0.1) is 5.92 Å². The smallest absolute Gasteiger partial charge is 0.0350 e. The molecular formula is C15H24N2. The molecule has 1 heterocycles. The van der Waals surface area contributed by atoms with Gasteiger partial charge in [-0.2, -0.15) is 0 Å². The SMILES string of the molecule is CCC(C)C(C)N1CCc2c(N)cccc2C1. The summed E-state index contributed by atoms with van der Waals surface area (Å²) in [5.41, 5.74) is 9.80. The van der Waals surface area contributed by atoms with E-state index in [2.05, 4.69) is 37.8 Å². The van der Waals surface area contributed by atoms with Crippen LogP contribution in [0.3, 0.4) is 0 Å². The summed E-state index contributed by atoms with van der Waals surface area (Å²) in [7, 11) is 0. The Morgan fingerprint density at radius 2 is 2.12 bits per heavy atom. The number of anilines is 1. The number of nitrogens with two attached hydrogens (primary N) is 1. The van der Waals surface area contributed by atoms with E-state index in [-0.39, 0.29) is 0 Å². The summed E-state index contributed by atoms with van der Waals surface area (Å²) < 4.78 is 0. The van der Waals surface area contributed by atoms with Crippen LogP contribution in [0.25, 0.3) is 0 Å². The van der Waals surface area contributed by atoms with E-state index in [9.17, 15) is 0 Å². The molecule has 2 nitrogen and oxygen atoms in total. The Bertz CT molecular complexity index is 387. The molecule has 0 aliphatic carbocycles. The lowest BCUT2D eigenvalue weighted by atomic mass is 9.93. The highest BCUT2D eigenvalue weighted by atomic mass is 15.2. The van der Waals surface area contributed by atoms with E-state index in [4.69, 9.17) is 5.73 Å². The van der Waals surface area contributed by atoms with E-state index < -0.39 is 0 Å². The molecule has 17 heavy (non-hydrogen) atoms. The minimum absolute atomic E-state index is 0.662. The number of rotatable bonds is 3. The lowest BCUT2D eigenvalue weighted by molar-refractivity contribution is 0.144. The third-order valence-corrected chi connectivity index (χ3v) is 4.38. The fraction of sp³-hybridized carbons (Fsp3) is 0.600. The number of nitrogens with zero attached hydrogens (tertiary/aromatic N) is 1. The van der Waals surface area contributed by atoms with Gasteiger partial charge >= 0.3 is 0 Å². The van der Waals surface area contributed by atoms with Crippen LogP contribution in [0.4, 0.5) is 5.69 Å². The summed E-state index contributed by atoms with van der Waals surface area (Å²) in [4.78, 5) is 2.59. The Kier molecular flexibility index (Phi) is 3.72. The highest BCUT2D eigenvalue weighted by molar-refractivity contribution is 5.51. The summed E-state index contributed by atoms with van der Waals surface area (Å²) in [5, 5.41) is 0. The molecule has 0 saturated carbocycles. The maximum absolute atomic E-state index is 6.03. The largest absolute Gasteiger partial charge is 0.398 e. The molecule has 2 rings (SSSR count). The summed E-state index contributed by atoms with van der Waals surface area (Å²) in [6.45, 7) is 9.18. The van der Waals surface area contributed by atoms with E-state index >= 15 is 0 Å². The zero-order valence-corrected chi connectivity index (χ0v) is 11.2. The van der Waals surface area contributed by atoms with Gasteiger partial charge in [0.1, 0.15) is 0 Å². The van der Waals surface area contributed by atoms with Crippen molar-refractivity contribution in [2.24, 2.45) is 5.92 Å². The number of nitrogen functional groups attached to an aromatic ring is 1. The first kappa shape index (κ1) is 12.4. The number of fused-ring (bicyclic) bond motifs is 1. The molecule has 1 aromatic rings. The maximum atomic E-state index is 6.03. The fourth-order valence-electron chi connectivity index (χ4n) is 2.71. The molecule has 2 atom stereocenters. The fourth-order valence-corrected chi connectivity index (χ4v) is 2.71. The molecule has 0 amide bonds. The molecule has 0 saturated heterocycles. The molecule has 94 valence electrons. The molecule has 2 heteroatoms. The minimum atomic E-state index is 0.662. The predicted molar refractivity (Wildman–Crippen MR) is 73.9 cm³/mol. The normalized spacial score (nSPS) is 19.7. The number of hydrogen-bond acceptors (Lipinski definition) is 2. The summed E-state index contributed by atoms with van der Waals surface area (Å²) in [6, 6.07) is 6.98. The first-order valence-corrected chi connectivity index (χ1v) is 6.73. The Labute approximate surface area is 105 Å². The monoisotopic (exact) mass is 232 g/mol. The third kappa shape index (κ3) is 2.47. The zero-order valence-electron chi connectivity index (χ0n) is 11.2. The molecule has 0 aromatic heterocycles. The van der Waals surface area contributed by atoms with Gasteiger partial charge in [0.2, 0.25) is 0 Å². The minimum Gasteiger partial charge on any atom is -0.398 e. The van der Waals surface area contributed by atoms with Crippen LogP contribution in [-0.4, -0.2) is 17.5 Å². The Balaban J connectivity index is 2.14. The van der Waals surface area contributed by atoms with Gasteiger partial charge in [-0.25, -0.2) is 0 Å². The average molecular weight is 232 g/mol. The van der Waals surface area contributed by atoms with Crippen LogP contribution in [0.2, 0.25) is 0 Å². The topological polar surface area (TPSA) is 29.3 Å². The lowest BCUT2D eigenvalue weighted by Crippen LogP contribution is -2.41. The van der Waals surface area contributed by atoms with Crippen molar-refractivity contribution in [2.75, 3.05) is 12.3 Å². The lowest BCUT2D eigenvalue weighted by Gasteiger charge is -2.36. The van der Waals surface area contributed by atoms with Gasteiger partial charge in [-0.15, -0.1) is 0 Å². The van der Waals surface area contributed by atoms with Gasteiger partial charge in [0.25, 0.3) is 0 Å². The van der Waals surface area contributed by atoms with Crippen LogP contribution in [0.1, 0.15) is 38.3 Å².